The monoisotopic (exact) mass is 273 g/mol. The number of nitrogens with one attached hydrogen (secondary N) is 1. The van der Waals surface area contributed by atoms with Crippen LogP contribution in [-0.2, 0) is 14.6 Å². The van der Waals surface area contributed by atoms with Crippen LogP contribution in [0.1, 0.15) is 25.7 Å². The van der Waals surface area contributed by atoms with Crippen LogP contribution >= 0.6 is 0 Å². The topological polar surface area (TPSA) is 55.4 Å². The highest BCUT2D eigenvalue weighted by Crippen LogP contribution is 2.53. The summed E-state index contributed by atoms with van der Waals surface area (Å²) >= 11 is 0. The zero-order valence-corrected chi connectivity index (χ0v) is 11.8. The van der Waals surface area contributed by atoms with Crippen molar-refractivity contribution in [3.05, 3.63) is 0 Å². The molecule has 0 aromatic heterocycles. The van der Waals surface area contributed by atoms with Crippen LogP contribution in [0.5, 0.6) is 0 Å². The van der Waals surface area contributed by atoms with Crippen LogP contribution < -0.4 is 5.32 Å². The fourth-order valence-electron chi connectivity index (χ4n) is 4.04. The minimum Gasteiger partial charge on any atom is -0.377 e. The average molecular weight is 273 g/mol. The fraction of sp³-hybridized carbons (Fsp3) is 1.00. The zero-order valence-electron chi connectivity index (χ0n) is 11.0. The van der Waals surface area contributed by atoms with Crippen molar-refractivity contribution in [1.82, 2.24) is 5.32 Å². The first kappa shape index (κ1) is 12.9. The van der Waals surface area contributed by atoms with Gasteiger partial charge in [0.1, 0.15) is 0 Å². The van der Waals surface area contributed by atoms with E-state index in [9.17, 15) is 8.42 Å². The summed E-state index contributed by atoms with van der Waals surface area (Å²) in [5.74, 6) is 1.73. The molecular weight excluding hydrogens is 250 g/mol. The highest BCUT2D eigenvalue weighted by molar-refractivity contribution is 7.91. The van der Waals surface area contributed by atoms with Gasteiger partial charge in [-0.15, -0.1) is 0 Å². The molecule has 0 bridgehead atoms. The molecule has 0 spiro atoms. The van der Waals surface area contributed by atoms with Gasteiger partial charge in [0.15, 0.2) is 9.84 Å². The van der Waals surface area contributed by atoms with E-state index < -0.39 is 9.84 Å². The van der Waals surface area contributed by atoms with Crippen molar-refractivity contribution in [3.8, 4) is 0 Å². The maximum atomic E-state index is 11.8. The summed E-state index contributed by atoms with van der Waals surface area (Å²) in [4.78, 5) is 0. The molecule has 3 aliphatic rings. The van der Waals surface area contributed by atoms with Gasteiger partial charge in [-0.2, -0.15) is 0 Å². The van der Waals surface area contributed by atoms with Gasteiger partial charge in [-0.05, 0) is 44.6 Å². The first-order valence-corrected chi connectivity index (χ1v) is 8.86. The first-order chi connectivity index (χ1) is 8.57. The van der Waals surface area contributed by atoms with Crippen LogP contribution in [0, 0.1) is 17.3 Å². The largest absolute Gasteiger partial charge is 0.377 e. The van der Waals surface area contributed by atoms with Crippen LogP contribution in [-0.4, -0.2) is 46.2 Å². The molecule has 1 saturated carbocycles. The summed E-state index contributed by atoms with van der Waals surface area (Å²) in [5.41, 5.74) is 0.0689. The molecule has 18 heavy (non-hydrogen) atoms. The molecule has 1 aliphatic carbocycles. The maximum Gasteiger partial charge on any atom is 0.150 e. The molecule has 1 N–H and O–H groups in total. The molecule has 0 aromatic rings. The number of rotatable bonds is 4. The molecule has 3 rings (SSSR count). The molecule has 104 valence electrons. The second-order valence-electron chi connectivity index (χ2n) is 6.24. The summed E-state index contributed by atoms with van der Waals surface area (Å²) in [6.07, 6.45) is 4.67. The first-order valence-electron chi connectivity index (χ1n) is 7.04. The van der Waals surface area contributed by atoms with E-state index in [-0.39, 0.29) is 5.41 Å². The quantitative estimate of drug-likeness (QED) is 0.824. The van der Waals surface area contributed by atoms with E-state index in [0.29, 0.717) is 29.4 Å². The van der Waals surface area contributed by atoms with E-state index >= 15 is 0 Å². The molecule has 3 unspecified atom stereocenters. The normalized spacial score (nSPS) is 43.4. The van der Waals surface area contributed by atoms with E-state index in [0.717, 1.165) is 26.0 Å². The zero-order chi connectivity index (χ0) is 12.8. The molecule has 0 aromatic carbocycles. The molecule has 5 heteroatoms. The summed E-state index contributed by atoms with van der Waals surface area (Å²) < 4.78 is 29.5. The third-order valence-electron chi connectivity index (χ3n) is 5.03. The lowest BCUT2D eigenvalue weighted by molar-refractivity contribution is 0.00596. The predicted molar refractivity (Wildman–Crippen MR) is 70.2 cm³/mol. The van der Waals surface area contributed by atoms with Crippen molar-refractivity contribution in [2.24, 2.45) is 17.3 Å². The van der Waals surface area contributed by atoms with Crippen LogP contribution in [0.4, 0.5) is 0 Å². The highest BCUT2D eigenvalue weighted by Gasteiger charge is 2.56. The third-order valence-corrected chi connectivity index (χ3v) is 6.80. The molecule has 0 amide bonds. The Bertz CT molecular complexity index is 418. The Morgan fingerprint density at radius 2 is 2.11 bits per heavy atom. The van der Waals surface area contributed by atoms with Gasteiger partial charge in [-0.3, -0.25) is 0 Å². The SMILES string of the molecule is CNCC1(C2CCS(=O)(=O)C2)CCOC1C1CC1. The molecule has 2 heterocycles. The van der Waals surface area contributed by atoms with E-state index in [2.05, 4.69) is 5.32 Å². The van der Waals surface area contributed by atoms with Gasteiger partial charge in [0.05, 0.1) is 17.6 Å². The number of hydrogen-bond acceptors (Lipinski definition) is 4. The van der Waals surface area contributed by atoms with Crippen LogP contribution in [0.25, 0.3) is 0 Å². The van der Waals surface area contributed by atoms with Crippen molar-refractivity contribution in [1.29, 1.82) is 0 Å². The van der Waals surface area contributed by atoms with Gasteiger partial charge in [0.25, 0.3) is 0 Å². The number of hydrogen-bond donors (Lipinski definition) is 1. The van der Waals surface area contributed by atoms with Crippen molar-refractivity contribution < 1.29 is 13.2 Å². The van der Waals surface area contributed by atoms with Gasteiger partial charge in [-0.1, -0.05) is 0 Å². The lowest BCUT2D eigenvalue weighted by Gasteiger charge is -2.39. The molecular formula is C13H23NO3S. The lowest BCUT2D eigenvalue weighted by atomic mass is 9.68. The van der Waals surface area contributed by atoms with Crippen molar-refractivity contribution in [2.75, 3.05) is 31.7 Å². The van der Waals surface area contributed by atoms with Crippen LogP contribution in [0.15, 0.2) is 0 Å². The number of sulfone groups is 1. The smallest absolute Gasteiger partial charge is 0.150 e. The van der Waals surface area contributed by atoms with E-state index in [1.807, 2.05) is 7.05 Å². The Kier molecular flexibility index (Phi) is 3.19. The van der Waals surface area contributed by atoms with Gasteiger partial charge < -0.3 is 10.1 Å². The van der Waals surface area contributed by atoms with Crippen LogP contribution in [0.3, 0.4) is 0 Å². The van der Waals surface area contributed by atoms with Crippen molar-refractivity contribution in [3.63, 3.8) is 0 Å². The highest BCUT2D eigenvalue weighted by atomic mass is 32.2. The Hall–Kier alpha value is -0.130. The van der Waals surface area contributed by atoms with E-state index in [1.165, 1.54) is 12.8 Å². The molecule has 2 aliphatic heterocycles. The van der Waals surface area contributed by atoms with Gasteiger partial charge in [-0.25, -0.2) is 8.42 Å². The maximum absolute atomic E-state index is 11.8. The summed E-state index contributed by atoms with van der Waals surface area (Å²) in [7, 11) is -0.836. The van der Waals surface area contributed by atoms with Crippen LogP contribution in [0.2, 0.25) is 0 Å². The Morgan fingerprint density at radius 1 is 1.33 bits per heavy atom. The van der Waals surface area contributed by atoms with Crippen molar-refractivity contribution in [2.45, 2.75) is 31.8 Å². The van der Waals surface area contributed by atoms with E-state index in [4.69, 9.17) is 4.74 Å². The molecule has 2 saturated heterocycles. The van der Waals surface area contributed by atoms with Gasteiger partial charge in [0.2, 0.25) is 0 Å². The molecule has 3 atom stereocenters. The number of ether oxygens (including phenoxy) is 1. The fourth-order valence-corrected chi connectivity index (χ4v) is 5.96. The summed E-state index contributed by atoms with van der Waals surface area (Å²) in [6, 6.07) is 0. The standard InChI is InChI=1S/C13H23NO3S/c1-14-9-13(11-4-7-18(15,16)8-11)5-6-17-12(13)10-2-3-10/h10-12,14H,2-9H2,1H3. The molecule has 3 fully saturated rings. The van der Waals surface area contributed by atoms with Crippen molar-refractivity contribution >= 4 is 9.84 Å². The second-order valence-corrected chi connectivity index (χ2v) is 8.47. The molecule has 0 radical (unpaired) electrons. The average Bonchev–Trinajstić information content (AvgIpc) is 2.96. The van der Waals surface area contributed by atoms with E-state index in [1.54, 1.807) is 0 Å². The minimum atomic E-state index is -2.80. The summed E-state index contributed by atoms with van der Waals surface area (Å²) in [5, 5.41) is 3.29. The third kappa shape index (κ3) is 2.10. The molecule has 4 nitrogen and oxygen atoms in total. The Labute approximate surface area is 109 Å². The van der Waals surface area contributed by atoms with Gasteiger partial charge >= 0.3 is 0 Å². The van der Waals surface area contributed by atoms with Gasteiger partial charge in [0, 0.05) is 18.6 Å². The lowest BCUT2D eigenvalue weighted by Crippen LogP contribution is -2.47. The Morgan fingerprint density at radius 3 is 2.67 bits per heavy atom. The minimum absolute atomic E-state index is 0.0689. The predicted octanol–water partition coefficient (Wildman–Crippen LogP) is 0.826. The second kappa shape index (κ2) is 4.46. The summed E-state index contributed by atoms with van der Waals surface area (Å²) in [6.45, 7) is 1.70. The Balaban J connectivity index is 1.86.